The van der Waals surface area contributed by atoms with E-state index in [1.54, 1.807) is 12.1 Å². The third-order valence-electron chi connectivity index (χ3n) is 3.45. The van der Waals surface area contributed by atoms with Gasteiger partial charge in [-0.1, -0.05) is 18.6 Å². The van der Waals surface area contributed by atoms with Crippen molar-refractivity contribution in [2.45, 2.75) is 30.3 Å². The first-order valence-corrected chi connectivity index (χ1v) is 7.70. The van der Waals surface area contributed by atoms with E-state index in [2.05, 4.69) is 4.72 Å². The molecule has 0 amide bonds. The van der Waals surface area contributed by atoms with Gasteiger partial charge in [0.2, 0.25) is 10.0 Å². The van der Waals surface area contributed by atoms with Crippen LogP contribution < -0.4 is 4.72 Å². The molecule has 0 bridgehead atoms. The topological polar surface area (TPSA) is 90.2 Å². The molecular formula is C13H16N2O3S. The summed E-state index contributed by atoms with van der Waals surface area (Å²) >= 11 is 0. The fourth-order valence-corrected chi connectivity index (χ4v) is 3.59. The zero-order valence-electron chi connectivity index (χ0n) is 10.4. The maximum absolute atomic E-state index is 12.1. The number of aliphatic hydroxyl groups is 1. The summed E-state index contributed by atoms with van der Waals surface area (Å²) in [6.07, 6.45) is 2.03. The van der Waals surface area contributed by atoms with Crippen LogP contribution in [0.4, 0.5) is 0 Å². The van der Waals surface area contributed by atoms with Gasteiger partial charge in [0, 0.05) is 6.54 Å². The largest absolute Gasteiger partial charge is 0.393 e. The number of sulfonamides is 1. The normalized spacial score (nSPS) is 23.2. The molecule has 1 aromatic carbocycles. The van der Waals surface area contributed by atoms with E-state index in [9.17, 15) is 13.5 Å². The van der Waals surface area contributed by atoms with Crippen molar-refractivity contribution in [2.75, 3.05) is 6.54 Å². The molecule has 1 aliphatic rings. The highest BCUT2D eigenvalue weighted by molar-refractivity contribution is 7.89. The van der Waals surface area contributed by atoms with Crippen molar-refractivity contribution in [1.29, 1.82) is 5.26 Å². The minimum absolute atomic E-state index is 0.00927. The Bertz CT molecular complexity index is 592. The number of aliphatic hydroxyl groups excluding tert-OH is 1. The summed E-state index contributed by atoms with van der Waals surface area (Å²) in [6, 6.07) is 7.96. The number of nitrogens with zero attached hydrogens (tertiary/aromatic N) is 1. The van der Waals surface area contributed by atoms with Gasteiger partial charge in [-0.05, 0) is 30.9 Å². The zero-order valence-corrected chi connectivity index (χ0v) is 11.2. The number of benzene rings is 1. The molecule has 1 aliphatic carbocycles. The Morgan fingerprint density at radius 2 is 2.11 bits per heavy atom. The Balaban J connectivity index is 2.12. The molecule has 0 saturated heterocycles. The molecule has 2 unspecified atom stereocenters. The quantitative estimate of drug-likeness (QED) is 0.860. The van der Waals surface area contributed by atoms with Crippen molar-refractivity contribution in [2.24, 2.45) is 5.92 Å². The highest BCUT2D eigenvalue weighted by Crippen LogP contribution is 2.25. The summed E-state index contributed by atoms with van der Waals surface area (Å²) in [6.45, 7) is 0.212. The predicted octanol–water partition coefficient (Wildman–Crippen LogP) is 0.998. The molecule has 1 fully saturated rings. The van der Waals surface area contributed by atoms with E-state index in [1.807, 2.05) is 6.07 Å². The zero-order chi connectivity index (χ0) is 13.9. The molecule has 2 N–H and O–H groups in total. The average Bonchev–Trinajstić information content (AvgIpc) is 2.82. The lowest BCUT2D eigenvalue weighted by Crippen LogP contribution is -2.32. The molecule has 1 saturated carbocycles. The molecule has 5 nitrogen and oxygen atoms in total. The summed E-state index contributed by atoms with van der Waals surface area (Å²) in [7, 11) is -3.70. The lowest BCUT2D eigenvalue weighted by Gasteiger charge is -2.15. The smallest absolute Gasteiger partial charge is 0.241 e. The van der Waals surface area contributed by atoms with Crippen molar-refractivity contribution in [3.05, 3.63) is 29.8 Å². The molecule has 2 atom stereocenters. The van der Waals surface area contributed by atoms with Crippen LogP contribution in [0.3, 0.4) is 0 Å². The minimum atomic E-state index is -3.70. The van der Waals surface area contributed by atoms with E-state index in [-0.39, 0.29) is 22.9 Å². The lowest BCUT2D eigenvalue weighted by molar-refractivity contribution is 0.134. The standard InChI is InChI=1S/C13H16N2O3S/c14-8-10-4-1-2-7-13(10)19(17,18)15-9-11-5-3-6-12(11)16/h1-2,4,7,11-12,15-16H,3,5-6,9H2. The second-order valence-electron chi connectivity index (χ2n) is 4.72. The van der Waals surface area contributed by atoms with Crippen LogP contribution in [0.15, 0.2) is 29.2 Å². The van der Waals surface area contributed by atoms with Crippen molar-refractivity contribution in [1.82, 2.24) is 4.72 Å². The molecule has 0 spiro atoms. The first-order valence-electron chi connectivity index (χ1n) is 6.21. The van der Waals surface area contributed by atoms with Crippen LogP contribution in [0.25, 0.3) is 0 Å². The van der Waals surface area contributed by atoms with E-state index in [0.29, 0.717) is 0 Å². The van der Waals surface area contributed by atoms with Gasteiger partial charge in [-0.15, -0.1) is 0 Å². The van der Waals surface area contributed by atoms with E-state index >= 15 is 0 Å². The van der Waals surface area contributed by atoms with Crippen LogP contribution >= 0.6 is 0 Å². The highest BCUT2D eigenvalue weighted by atomic mass is 32.2. The van der Waals surface area contributed by atoms with Crippen molar-refractivity contribution >= 4 is 10.0 Å². The third-order valence-corrected chi connectivity index (χ3v) is 4.93. The van der Waals surface area contributed by atoms with Gasteiger partial charge < -0.3 is 5.11 Å². The first-order chi connectivity index (χ1) is 9.04. The third kappa shape index (κ3) is 3.13. The number of hydrogen-bond donors (Lipinski definition) is 2. The molecule has 1 aromatic rings. The van der Waals surface area contributed by atoms with Gasteiger partial charge in [0.25, 0.3) is 0 Å². The second-order valence-corrected chi connectivity index (χ2v) is 6.45. The molecule has 0 heterocycles. The predicted molar refractivity (Wildman–Crippen MR) is 69.7 cm³/mol. The molecular weight excluding hydrogens is 264 g/mol. The van der Waals surface area contributed by atoms with Crippen molar-refractivity contribution in [3.8, 4) is 6.07 Å². The van der Waals surface area contributed by atoms with Crippen molar-refractivity contribution < 1.29 is 13.5 Å². The highest BCUT2D eigenvalue weighted by Gasteiger charge is 2.27. The van der Waals surface area contributed by atoms with Crippen molar-refractivity contribution in [3.63, 3.8) is 0 Å². The van der Waals surface area contributed by atoms with Gasteiger partial charge in [0.05, 0.1) is 16.6 Å². The monoisotopic (exact) mass is 280 g/mol. The lowest BCUT2D eigenvalue weighted by atomic mass is 10.1. The Hall–Kier alpha value is -1.42. The molecule has 0 aliphatic heterocycles. The fraction of sp³-hybridized carbons (Fsp3) is 0.462. The molecule has 0 aromatic heterocycles. The Morgan fingerprint density at radius 1 is 1.37 bits per heavy atom. The Morgan fingerprint density at radius 3 is 2.74 bits per heavy atom. The maximum atomic E-state index is 12.1. The van der Waals surface area contributed by atoms with Crippen LogP contribution in [-0.2, 0) is 10.0 Å². The van der Waals surface area contributed by atoms with E-state index in [4.69, 9.17) is 5.26 Å². The summed E-state index contributed by atoms with van der Waals surface area (Å²) in [5.74, 6) is -0.0379. The van der Waals surface area contributed by atoms with Crippen LogP contribution in [-0.4, -0.2) is 26.2 Å². The van der Waals surface area contributed by atoms with Gasteiger partial charge in [-0.3, -0.25) is 0 Å². The second kappa shape index (κ2) is 5.70. The number of hydrogen-bond acceptors (Lipinski definition) is 4. The van der Waals surface area contributed by atoms with Crippen LogP contribution in [0.1, 0.15) is 24.8 Å². The van der Waals surface area contributed by atoms with Crippen LogP contribution in [0, 0.1) is 17.2 Å². The SMILES string of the molecule is N#Cc1ccccc1S(=O)(=O)NCC1CCCC1O. The number of rotatable bonds is 4. The first kappa shape index (κ1) is 14.0. The van der Waals surface area contributed by atoms with Gasteiger partial charge in [-0.25, -0.2) is 13.1 Å². The van der Waals surface area contributed by atoms with Crippen LogP contribution in [0.5, 0.6) is 0 Å². The van der Waals surface area contributed by atoms with Gasteiger partial charge >= 0.3 is 0 Å². The Kier molecular flexibility index (Phi) is 4.20. The summed E-state index contributed by atoms with van der Waals surface area (Å²) in [5.41, 5.74) is 0.127. The van der Waals surface area contributed by atoms with Gasteiger partial charge in [-0.2, -0.15) is 5.26 Å². The summed E-state index contributed by atoms with van der Waals surface area (Å²) in [4.78, 5) is -0.00927. The van der Waals surface area contributed by atoms with Gasteiger partial charge in [0.1, 0.15) is 6.07 Å². The summed E-state index contributed by atoms with van der Waals surface area (Å²) in [5, 5.41) is 18.6. The Labute approximate surface area is 112 Å². The molecule has 19 heavy (non-hydrogen) atoms. The molecule has 2 rings (SSSR count). The van der Waals surface area contributed by atoms with Gasteiger partial charge in [0.15, 0.2) is 0 Å². The number of nitrogens with one attached hydrogen (secondary N) is 1. The van der Waals surface area contributed by atoms with E-state index < -0.39 is 16.1 Å². The maximum Gasteiger partial charge on any atom is 0.241 e. The molecule has 6 heteroatoms. The average molecular weight is 280 g/mol. The van der Waals surface area contributed by atoms with E-state index in [1.165, 1.54) is 12.1 Å². The van der Waals surface area contributed by atoms with E-state index in [0.717, 1.165) is 19.3 Å². The summed E-state index contributed by atoms with van der Waals surface area (Å²) < 4.78 is 26.7. The van der Waals surface area contributed by atoms with Crippen LogP contribution in [0.2, 0.25) is 0 Å². The molecule has 0 radical (unpaired) electrons. The fourth-order valence-electron chi connectivity index (χ4n) is 2.34. The molecule has 102 valence electrons. The number of nitriles is 1. The minimum Gasteiger partial charge on any atom is -0.393 e.